The summed E-state index contributed by atoms with van der Waals surface area (Å²) in [6, 6.07) is 0.635. The van der Waals surface area contributed by atoms with Crippen molar-refractivity contribution in [3.8, 4) is 16.9 Å². The van der Waals surface area contributed by atoms with Crippen molar-refractivity contribution in [3.63, 3.8) is 0 Å². The first-order valence-electron chi connectivity index (χ1n) is 9.04. The molecular formula is C18H19ClF4N6O. The molecule has 1 atom stereocenters. The standard InChI is InChI=1S/C18H19ClF4N6O/c1-9(16(22)23)27-17-14(15(19)28-18-25-8-26-29(17)18)13-11(20)6-10(7-12(13)21)30-5-3-4-24-2/h6-9,16,24,27H,3-5H2,1-2H3/t9-/m1/s1. The molecule has 0 amide bonds. The number of hydrogen-bond donors (Lipinski definition) is 2. The van der Waals surface area contributed by atoms with Crippen molar-refractivity contribution in [1.82, 2.24) is 24.9 Å². The minimum atomic E-state index is -2.76. The molecule has 12 heteroatoms. The van der Waals surface area contributed by atoms with Crippen LogP contribution >= 0.6 is 11.6 Å². The maximum atomic E-state index is 14.9. The van der Waals surface area contributed by atoms with Crippen LogP contribution in [0.25, 0.3) is 16.9 Å². The van der Waals surface area contributed by atoms with Gasteiger partial charge in [0.2, 0.25) is 0 Å². The Kier molecular flexibility index (Phi) is 6.93. The second-order valence-corrected chi connectivity index (χ2v) is 6.79. The van der Waals surface area contributed by atoms with Gasteiger partial charge in [0.15, 0.2) is 0 Å². The van der Waals surface area contributed by atoms with Crippen LogP contribution in [0.3, 0.4) is 0 Å². The molecule has 0 spiro atoms. The molecule has 3 aromatic rings. The van der Waals surface area contributed by atoms with Gasteiger partial charge in [-0.1, -0.05) is 11.6 Å². The van der Waals surface area contributed by atoms with Gasteiger partial charge in [-0.15, -0.1) is 0 Å². The Labute approximate surface area is 174 Å². The van der Waals surface area contributed by atoms with E-state index in [0.717, 1.165) is 23.0 Å². The maximum absolute atomic E-state index is 14.9. The number of nitrogens with one attached hydrogen (secondary N) is 2. The molecule has 2 heterocycles. The smallest absolute Gasteiger partial charge is 0.258 e. The summed E-state index contributed by atoms with van der Waals surface area (Å²) in [6.45, 7) is 2.14. The molecule has 2 aromatic heterocycles. The Balaban J connectivity index is 2.08. The minimum Gasteiger partial charge on any atom is -0.493 e. The first kappa shape index (κ1) is 22.0. The topological polar surface area (TPSA) is 76.4 Å². The number of nitrogens with zero attached hydrogens (tertiary/aromatic N) is 4. The molecule has 0 aliphatic carbocycles. The van der Waals surface area contributed by atoms with Crippen molar-refractivity contribution in [3.05, 3.63) is 35.2 Å². The predicted octanol–water partition coefficient (Wildman–Crippen LogP) is 3.78. The van der Waals surface area contributed by atoms with E-state index in [-0.39, 0.29) is 34.7 Å². The van der Waals surface area contributed by atoms with Crippen molar-refractivity contribution >= 4 is 23.2 Å². The third-order valence-electron chi connectivity index (χ3n) is 4.23. The summed E-state index contributed by atoms with van der Waals surface area (Å²) in [5.41, 5.74) is -0.796. The van der Waals surface area contributed by atoms with Gasteiger partial charge in [0.1, 0.15) is 34.7 Å². The van der Waals surface area contributed by atoms with Gasteiger partial charge in [-0.05, 0) is 26.9 Å². The Bertz CT molecular complexity index is 1010. The fourth-order valence-electron chi connectivity index (χ4n) is 2.76. The normalized spacial score (nSPS) is 12.5. The molecule has 0 radical (unpaired) electrons. The van der Waals surface area contributed by atoms with Gasteiger partial charge in [-0.3, -0.25) is 0 Å². The van der Waals surface area contributed by atoms with E-state index in [2.05, 4.69) is 25.7 Å². The highest BCUT2D eigenvalue weighted by atomic mass is 35.5. The van der Waals surface area contributed by atoms with E-state index in [4.69, 9.17) is 16.3 Å². The van der Waals surface area contributed by atoms with Crippen LogP contribution in [0.5, 0.6) is 5.75 Å². The van der Waals surface area contributed by atoms with Crippen molar-refractivity contribution in [1.29, 1.82) is 0 Å². The number of ether oxygens (including phenoxy) is 1. The van der Waals surface area contributed by atoms with Crippen LogP contribution in [0.1, 0.15) is 13.3 Å². The van der Waals surface area contributed by atoms with Gasteiger partial charge < -0.3 is 15.4 Å². The van der Waals surface area contributed by atoms with E-state index in [1.807, 2.05) is 0 Å². The number of aromatic nitrogens is 4. The van der Waals surface area contributed by atoms with Crippen molar-refractivity contribution in [2.45, 2.75) is 25.8 Å². The summed E-state index contributed by atoms with van der Waals surface area (Å²) in [6.07, 6.45) is -0.999. The average molecular weight is 447 g/mol. The van der Waals surface area contributed by atoms with E-state index in [0.29, 0.717) is 13.0 Å². The molecule has 1 aromatic carbocycles. The van der Waals surface area contributed by atoms with E-state index < -0.39 is 29.7 Å². The zero-order valence-corrected chi connectivity index (χ0v) is 16.9. The summed E-state index contributed by atoms with van der Waals surface area (Å²) in [5.74, 6) is -2.16. The molecule has 0 saturated carbocycles. The lowest BCUT2D eigenvalue weighted by Gasteiger charge is -2.19. The Morgan fingerprint density at radius 1 is 1.20 bits per heavy atom. The van der Waals surface area contributed by atoms with Crippen LogP contribution in [0.4, 0.5) is 23.4 Å². The monoisotopic (exact) mass is 446 g/mol. The summed E-state index contributed by atoms with van der Waals surface area (Å²) in [7, 11) is 1.78. The first-order valence-corrected chi connectivity index (χ1v) is 9.42. The lowest BCUT2D eigenvalue weighted by molar-refractivity contribution is 0.130. The molecular weight excluding hydrogens is 428 g/mol. The highest BCUT2D eigenvalue weighted by Crippen LogP contribution is 2.39. The van der Waals surface area contributed by atoms with Crippen molar-refractivity contribution in [2.24, 2.45) is 0 Å². The van der Waals surface area contributed by atoms with Crippen molar-refractivity contribution < 1.29 is 22.3 Å². The molecule has 0 aliphatic rings. The lowest BCUT2D eigenvalue weighted by Crippen LogP contribution is -2.26. The highest BCUT2D eigenvalue weighted by Gasteiger charge is 2.26. The van der Waals surface area contributed by atoms with Crippen LogP contribution in [0, 0.1) is 11.6 Å². The van der Waals surface area contributed by atoms with Gasteiger partial charge in [0.05, 0.1) is 23.8 Å². The third kappa shape index (κ3) is 4.57. The zero-order valence-electron chi connectivity index (χ0n) is 16.1. The van der Waals surface area contributed by atoms with Gasteiger partial charge in [0.25, 0.3) is 12.2 Å². The second kappa shape index (κ2) is 9.43. The molecule has 7 nitrogen and oxygen atoms in total. The molecule has 0 aliphatic heterocycles. The fourth-order valence-corrected chi connectivity index (χ4v) is 3.02. The highest BCUT2D eigenvalue weighted by molar-refractivity contribution is 6.33. The minimum absolute atomic E-state index is 0.00812. The Morgan fingerprint density at radius 2 is 1.90 bits per heavy atom. The van der Waals surface area contributed by atoms with Crippen LogP contribution in [-0.2, 0) is 0 Å². The largest absolute Gasteiger partial charge is 0.493 e. The van der Waals surface area contributed by atoms with Gasteiger partial charge in [-0.2, -0.15) is 19.6 Å². The third-order valence-corrected chi connectivity index (χ3v) is 4.50. The average Bonchev–Trinajstić information content (AvgIpc) is 3.14. The first-order chi connectivity index (χ1) is 14.3. The van der Waals surface area contributed by atoms with Crippen LogP contribution in [-0.4, -0.2) is 52.2 Å². The zero-order chi connectivity index (χ0) is 21.8. The molecule has 2 N–H and O–H groups in total. The van der Waals surface area contributed by atoms with E-state index in [9.17, 15) is 17.6 Å². The lowest BCUT2D eigenvalue weighted by atomic mass is 10.1. The quantitative estimate of drug-likeness (QED) is 0.296. The molecule has 30 heavy (non-hydrogen) atoms. The SMILES string of the molecule is CNCCCOc1cc(F)c(-c2c(Cl)nc3ncnn3c2N[C@H](C)C(F)F)c(F)c1. The number of fused-ring (bicyclic) bond motifs is 1. The van der Waals surface area contributed by atoms with Gasteiger partial charge in [0, 0.05) is 12.1 Å². The Morgan fingerprint density at radius 3 is 2.53 bits per heavy atom. The van der Waals surface area contributed by atoms with Crippen LogP contribution < -0.4 is 15.4 Å². The van der Waals surface area contributed by atoms with Gasteiger partial charge in [-0.25, -0.2) is 17.6 Å². The molecule has 0 saturated heterocycles. The van der Waals surface area contributed by atoms with Crippen LogP contribution in [0.15, 0.2) is 18.5 Å². The number of anilines is 1. The number of alkyl halides is 2. The van der Waals surface area contributed by atoms with E-state index >= 15 is 0 Å². The molecule has 0 fully saturated rings. The van der Waals surface area contributed by atoms with E-state index in [1.54, 1.807) is 7.05 Å². The molecule has 3 rings (SSSR count). The maximum Gasteiger partial charge on any atom is 0.258 e. The summed E-state index contributed by atoms with van der Waals surface area (Å²) in [5, 5.41) is 9.02. The van der Waals surface area contributed by atoms with Gasteiger partial charge >= 0.3 is 0 Å². The number of hydrogen-bond acceptors (Lipinski definition) is 6. The number of benzene rings is 1. The van der Waals surface area contributed by atoms with Crippen molar-refractivity contribution in [2.75, 3.05) is 25.5 Å². The number of rotatable bonds is 9. The predicted molar refractivity (Wildman–Crippen MR) is 104 cm³/mol. The Hall–Kier alpha value is -2.66. The van der Waals surface area contributed by atoms with Crippen LogP contribution in [0.2, 0.25) is 5.15 Å². The summed E-state index contributed by atoms with van der Waals surface area (Å²) >= 11 is 6.17. The molecule has 0 bridgehead atoms. The molecule has 0 unspecified atom stereocenters. The van der Waals surface area contributed by atoms with E-state index in [1.165, 1.54) is 6.92 Å². The summed E-state index contributed by atoms with van der Waals surface area (Å²) < 4.78 is 62.5. The second-order valence-electron chi connectivity index (χ2n) is 6.43. The number of halogens is 5. The summed E-state index contributed by atoms with van der Waals surface area (Å²) in [4.78, 5) is 7.81. The molecule has 162 valence electrons. The fraction of sp³-hybridized carbons (Fsp3) is 0.389.